The second-order valence-electron chi connectivity index (χ2n) is 6.10. The molecule has 1 aromatic carbocycles. The second kappa shape index (κ2) is 12.1. The molecule has 1 aromatic rings. The van der Waals surface area contributed by atoms with Crippen molar-refractivity contribution in [1.29, 1.82) is 0 Å². The summed E-state index contributed by atoms with van der Waals surface area (Å²) in [6.07, 6.45) is 5.61. The summed E-state index contributed by atoms with van der Waals surface area (Å²) in [4.78, 5) is 16.2. The number of rotatable bonds is 6. The molecule has 1 fully saturated rings. The highest BCUT2D eigenvalue weighted by Crippen LogP contribution is 2.23. The molecule has 0 unspecified atom stereocenters. The summed E-state index contributed by atoms with van der Waals surface area (Å²) in [6.45, 7) is 1.75. The molecule has 2 rings (SSSR count). The first kappa shape index (κ1) is 21.7. The molecule has 3 N–H and O–H groups in total. The van der Waals surface area contributed by atoms with Crippen LogP contribution in [0, 0.1) is 11.7 Å². The number of guanidine groups is 1. The van der Waals surface area contributed by atoms with Crippen molar-refractivity contribution in [2.45, 2.75) is 38.6 Å². The van der Waals surface area contributed by atoms with Gasteiger partial charge < -0.3 is 16.0 Å². The Hall–Kier alpha value is -1.38. The van der Waals surface area contributed by atoms with Gasteiger partial charge in [-0.25, -0.2) is 4.39 Å². The summed E-state index contributed by atoms with van der Waals surface area (Å²) in [7, 11) is 1.70. The Kier molecular flexibility index (Phi) is 10.4. The van der Waals surface area contributed by atoms with Gasteiger partial charge in [0.25, 0.3) is 0 Å². The standard InChI is InChI=1S/C18H27FN4O.HI/c1-20-18(23-13-14-7-9-16(19)10-8-14)22-12-11-21-17(24)15-5-3-2-4-6-15;/h7-10,15H,2-6,11-13H2,1H3,(H,21,24)(H2,20,22,23);1H. The Morgan fingerprint density at radius 1 is 1.08 bits per heavy atom. The van der Waals surface area contributed by atoms with E-state index in [0.717, 1.165) is 31.2 Å². The molecule has 5 nitrogen and oxygen atoms in total. The molecule has 1 aliphatic rings. The third-order valence-electron chi connectivity index (χ3n) is 4.29. The molecule has 0 radical (unpaired) electrons. The van der Waals surface area contributed by atoms with Gasteiger partial charge in [-0.3, -0.25) is 9.79 Å². The molecule has 7 heteroatoms. The number of aliphatic imine (C=N–C) groups is 1. The van der Waals surface area contributed by atoms with E-state index in [2.05, 4.69) is 20.9 Å². The van der Waals surface area contributed by atoms with E-state index in [-0.39, 0.29) is 41.6 Å². The molecule has 1 saturated carbocycles. The van der Waals surface area contributed by atoms with E-state index in [9.17, 15) is 9.18 Å². The Morgan fingerprint density at radius 2 is 1.72 bits per heavy atom. The number of hydrogen-bond acceptors (Lipinski definition) is 2. The monoisotopic (exact) mass is 462 g/mol. The largest absolute Gasteiger partial charge is 0.355 e. The average molecular weight is 462 g/mol. The Labute approximate surface area is 166 Å². The van der Waals surface area contributed by atoms with Crippen LogP contribution in [-0.4, -0.2) is 32.0 Å². The van der Waals surface area contributed by atoms with Gasteiger partial charge >= 0.3 is 0 Å². The van der Waals surface area contributed by atoms with E-state index in [0.29, 0.717) is 25.6 Å². The smallest absolute Gasteiger partial charge is 0.223 e. The van der Waals surface area contributed by atoms with Crippen LogP contribution in [0.25, 0.3) is 0 Å². The molecule has 0 aliphatic heterocycles. The molecule has 1 aliphatic carbocycles. The lowest BCUT2D eigenvalue weighted by Gasteiger charge is -2.21. The molecule has 25 heavy (non-hydrogen) atoms. The van der Waals surface area contributed by atoms with Crippen molar-refractivity contribution in [1.82, 2.24) is 16.0 Å². The normalized spacial score (nSPS) is 15.2. The number of amides is 1. The molecule has 0 heterocycles. The van der Waals surface area contributed by atoms with E-state index in [1.54, 1.807) is 19.2 Å². The molecule has 0 aromatic heterocycles. The minimum absolute atomic E-state index is 0. The van der Waals surface area contributed by atoms with Crippen LogP contribution in [-0.2, 0) is 11.3 Å². The zero-order valence-corrected chi connectivity index (χ0v) is 17.0. The first-order valence-corrected chi connectivity index (χ1v) is 8.65. The van der Waals surface area contributed by atoms with Gasteiger partial charge in [-0.1, -0.05) is 31.4 Å². The predicted octanol–water partition coefficient (Wildman–Crippen LogP) is 2.81. The maximum atomic E-state index is 12.9. The fourth-order valence-electron chi connectivity index (χ4n) is 2.88. The summed E-state index contributed by atoms with van der Waals surface area (Å²) >= 11 is 0. The van der Waals surface area contributed by atoms with Crippen molar-refractivity contribution in [2.24, 2.45) is 10.9 Å². The van der Waals surface area contributed by atoms with Gasteiger partial charge in [0.2, 0.25) is 5.91 Å². The topological polar surface area (TPSA) is 65.5 Å². The minimum atomic E-state index is -0.241. The Morgan fingerprint density at radius 3 is 2.36 bits per heavy atom. The number of nitrogens with zero attached hydrogens (tertiary/aromatic N) is 1. The summed E-state index contributed by atoms with van der Waals surface area (Å²) in [6, 6.07) is 6.35. The van der Waals surface area contributed by atoms with Crippen molar-refractivity contribution in [3.05, 3.63) is 35.6 Å². The number of carbonyl (C=O) groups is 1. The lowest BCUT2D eigenvalue weighted by Crippen LogP contribution is -2.42. The van der Waals surface area contributed by atoms with Crippen LogP contribution < -0.4 is 16.0 Å². The fourth-order valence-corrected chi connectivity index (χ4v) is 2.88. The maximum Gasteiger partial charge on any atom is 0.223 e. The number of carbonyl (C=O) groups excluding carboxylic acids is 1. The van der Waals surface area contributed by atoms with Crippen LogP contribution in [0.5, 0.6) is 0 Å². The van der Waals surface area contributed by atoms with Gasteiger partial charge in [0.15, 0.2) is 5.96 Å². The lowest BCUT2D eigenvalue weighted by molar-refractivity contribution is -0.125. The van der Waals surface area contributed by atoms with Crippen molar-refractivity contribution < 1.29 is 9.18 Å². The number of hydrogen-bond donors (Lipinski definition) is 3. The zero-order chi connectivity index (χ0) is 17.2. The Balaban J connectivity index is 0.00000312. The molecular formula is C18H28FIN4O. The van der Waals surface area contributed by atoms with Gasteiger partial charge in [-0.05, 0) is 30.5 Å². The summed E-state index contributed by atoms with van der Waals surface area (Å²) in [5.74, 6) is 0.779. The molecule has 140 valence electrons. The average Bonchev–Trinajstić information content (AvgIpc) is 2.63. The fraction of sp³-hybridized carbons (Fsp3) is 0.556. The second-order valence-corrected chi connectivity index (χ2v) is 6.10. The van der Waals surface area contributed by atoms with Crippen LogP contribution in [0.3, 0.4) is 0 Å². The first-order chi connectivity index (χ1) is 11.7. The van der Waals surface area contributed by atoms with Crippen molar-refractivity contribution in [3.63, 3.8) is 0 Å². The van der Waals surface area contributed by atoms with Crippen molar-refractivity contribution in [3.8, 4) is 0 Å². The summed E-state index contributed by atoms with van der Waals surface area (Å²) in [5, 5.41) is 9.31. The van der Waals surface area contributed by atoms with Crippen LogP contribution in [0.4, 0.5) is 4.39 Å². The predicted molar refractivity (Wildman–Crippen MR) is 110 cm³/mol. The highest BCUT2D eigenvalue weighted by Gasteiger charge is 2.20. The van der Waals surface area contributed by atoms with E-state index in [1.807, 2.05) is 0 Å². The van der Waals surface area contributed by atoms with Crippen LogP contribution in [0.2, 0.25) is 0 Å². The Bertz CT molecular complexity index is 545. The maximum absolute atomic E-state index is 12.9. The van der Waals surface area contributed by atoms with Gasteiger partial charge in [0.1, 0.15) is 5.82 Å². The third-order valence-corrected chi connectivity index (χ3v) is 4.29. The number of benzene rings is 1. The molecular weight excluding hydrogens is 434 g/mol. The highest BCUT2D eigenvalue weighted by atomic mass is 127. The summed E-state index contributed by atoms with van der Waals surface area (Å²) < 4.78 is 12.9. The van der Waals surface area contributed by atoms with Gasteiger partial charge in [0, 0.05) is 32.6 Å². The van der Waals surface area contributed by atoms with E-state index < -0.39 is 0 Å². The van der Waals surface area contributed by atoms with Gasteiger partial charge in [-0.15, -0.1) is 24.0 Å². The van der Waals surface area contributed by atoms with Crippen molar-refractivity contribution in [2.75, 3.05) is 20.1 Å². The van der Waals surface area contributed by atoms with Gasteiger partial charge in [0.05, 0.1) is 0 Å². The number of halogens is 2. The van der Waals surface area contributed by atoms with Crippen LogP contribution in [0.15, 0.2) is 29.3 Å². The zero-order valence-electron chi connectivity index (χ0n) is 14.7. The quantitative estimate of drug-likeness (QED) is 0.264. The van der Waals surface area contributed by atoms with E-state index in [1.165, 1.54) is 18.6 Å². The molecule has 0 atom stereocenters. The van der Waals surface area contributed by atoms with E-state index >= 15 is 0 Å². The van der Waals surface area contributed by atoms with Crippen LogP contribution in [0.1, 0.15) is 37.7 Å². The first-order valence-electron chi connectivity index (χ1n) is 8.65. The SMILES string of the molecule is CN=C(NCCNC(=O)C1CCCCC1)NCc1ccc(F)cc1.I. The molecule has 0 spiro atoms. The molecule has 1 amide bonds. The molecule has 0 saturated heterocycles. The van der Waals surface area contributed by atoms with Crippen LogP contribution >= 0.6 is 24.0 Å². The lowest BCUT2D eigenvalue weighted by atomic mass is 9.89. The highest BCUT2D eigenvalue weighted by molar-refractivity contribution is 14.0. The van der Waals surface area contributed by atoms with Crippen molar-refractivity contribution >= 4 is 35.8 Å². The minimum Gasteiger partial charge on any atom is -0.355 e. The molecule has 0 bridgehead atoms. The number of nitrogens with one attached hydrogen (secondary N) is 3. The van der Waals surface area contributed by atoms with E-state index in [4.69, 9.17) is 0 Å². The van der Waals surface area contributed by atoms with Gasteiger partial charge in [-0.2, -0.15) is 0 Å². The summed E-state index contributed by atoms with van der Waals surface area (Å²) in [5.41, 5.74) is 0.977. The third kappa shape index (κ3) is 8.02.